The molecule has 2 rings (SSSR count). The van der Waals surface area contributed by atoms with Gasteiger partial charge < -0.3 is 15.0 Å². The van der Waals surface area contributed by atoms with Gasteiger partial charge in [0.1, 0.15) is 18.3 Å². The molecule has 0 saturated carbocycles. The number of methoxy groups -OCH3 is 1. The quantitative estimate of drug-likeness (QED) is 0.512. The van der Waals surface area contributed by atoms with Crippen molar-refractivity contribution in [1.82, 2.24) is 10.2 Å². The number of carbonyl (C=O) groups excluding carboxylic acids is 2. The zero-order chi connectivity index (χ0) is 25.7. The Kier molecular flexibility index (Phi) is 9.13. The Balaban J connectivity index is 2.41. The third-order valence-electron chi connectivity index (χ3n) is 4.95. The van der Waals surface area contributed by atoms with Gasteiger partial charge in [-0.2, -0.15) is 0 Å². The zero-order valence-corrected chi connectivity index (χ0v) is 22.7. The number of anilines is 1. The van der Waals surface area contributed by atoms with E-state index >= 15 is 0 Å². The minimum Gasteiger partial charge on any atom is -0.497 e. The Morgan fingerprint density at radius 2 is 1.74 bits per heavy atom. The molecular weight excluding hydrogens is 522 g/mol. The number of hydrogen-bond acceptors (Lipinski definition) is 5. The van der Waals surface area contributed by atoms with Crippen molar-refractivity contribution < 1.29 is 22.7 Å². The van der Waals surface area contributed by atoms with E-state index in [1.165, 1.54) is 4.90 Å². The molecule has 8 nitrogen and oxygen atoms in total. The highest BCUT2D eigenvalue weighted by atomic mass is 79.9. The third-order valence-corrected chi connectivity index (χ3v) is 6.62. The summed E-state index contributed by atoms with van der Waals surface area (Å²) in [6.07, 6.45) is 1.05. The van der Waals surface area contributed by atoms with E-state index in [0.29, 0.717) is 11.4 Å². The summed E-state index contributed by atoms with van der Waals surface area (Å²) in [5.41, 5.74) is 0.608. The highest BCUT2D eigenvalue weighted by molar-refractivity contribution is 9.10. The maximum atomic E-state index is 13.5. The molecule has 0 spiro atoms. The van der Waals surface area contributed by atoms with E-state index in [9.17, 15) is 18.0 Å². The summed E-state index contributed by atoms with van der Waals surface area (Å²) in [5.74, 6) is -0.227. The summed E-state index contributed by atoms with van der Waals surface area (Å²) in [5, 5.41) is 2.89. The molecule has 0 aromatic heterocycles. The number of ether oxygens (including phenoxy) is 1. The molecule has 0 saturated heterocycles. The van der Waals surface area contributed by atoms with Crippen LogP contribution in [0.15, 0.2) is 53.0 Å². The van der Waals surface area contributed by atoms with Gasteiger partial charge in [-0.15, -0.1) is 0 Å². The van der Waals surface area contributed by atoms with Crippen molar-refractivity contribution >= 4 is 43.5 Å². The molecule has 2 aromatic carbocycles. The number of nitrogens with one attached hydrogen (secondary N) is 1. The summed E-state index contributed by atoms with van der Waals surface area (Å²) in [6, 6.07) is 12.9. The van der Waals surface area contributed by atoms with E-state index < -0.39 is 34.1 Å². The SMILES string of the molecule is COc1cccc(CN(C(=O)CN(c2ccc(Br)cc2)S(C)(=O)=O)C(C)C(=O)NC(C)(C)C)c1. The maximum Gasteiger partial charge on any atom is 0.244 e. The molecule has 2 amide bonds. The number of sulfonamides is 1. The van der Waals surface area contributed by atoms with E-state index in [4.69, 9.17) is 4.74 Å². The van der Waals surface area contributed by atoms with E-state index in [2.05, 4.69) is 21.2 Å². The minimum absolute atomic E-state index is 0.104. The summed E-state index contributed by atoms with van der Waals surface area (Å²) >= 11 is 3.33. The first-order chi connectivity index (χ1) is 15.7. The second-order valence-corrected chi connectivity index (χ2v) is 11.9. The fourth-order valence-electron chi connectivity index (χ4n) is 3.25. The van der Waals surface area contributed by atoms with E-state index in [-0.39, 0.29) is 12.5 Å². The van der Waals surface area contributed by atoms with Crippen LogP contribution in [0.4, 0.5) is 5.69 Å². The predicted octanol–water partition coefficient (Wildman–Crippen LogP) is 3.56. The molecule has 10 heteroatoms. The summed E-state index contributed by atoms with van der Waals surface area (Å²) in [6.45, 7) is 6.84. The van der Waals surface area contributed by atoms with Gasteiger partial charge in [0.2, 0.25) is 21.8 Å². The molecule has 0 heterocycles. The highest BCUT2D eigenvalue weighted by Gasteiger charge is 2.31. The van der Waals surface area contributed by atoms with Gasteiger partial charge in [0.25, 0.3) is 0 Å². The first-order valence-corrected chi connectivity index (χ1v) is 13.3. The topological polar surface area (TPSA) is 96.0 Å². The smallest absolute Gasteiger partial charge is 0.244 e. The van der Waals surface area contributed by atoms with Gasteiger partial charge >= 0.3 is 0 Å². The van der Waals surface area contributed by atoms with Crippen molar-refractivity contribution in [3.8, 4) is 5.75 Å². The van der Waals surface area contributed by atoms with E-state index in [1.807, 2.05) is 26.8 Å². The molecule has 1 N–H and O–H groups in total. The molecule has 0 bridgehead atoms. The summed E-state index contributed by atoms with van der Waals surface area (Å²) in [4.78, 5) is 27.8. The largest absolute Gasteiger partial charge is 0.497 e. The molecule has 0 aliphatic carbocycles. The molecule has 34 heavy (non-hydrogen) atoms. The maximum absolute atomic E-state index is 13.5. The Labute approximate surface area is 210 Å². The first kappa shape index (κ1) is 27.7. The Hall–Kier alpha value is -2.59. The fraction of sp³-hybridized carbons (Fsp3) is 0.417. The number of hydrogen-bond donors (Lipinski definition) is 1. The normalized spacial score (nSPS) is 12.6. The second-order valence-electron chi connectivity index (χ2n) is 9.03. The monoisotopic (exact) mass is 553 g/mol. The molecule has 0 fully saturated rings. The van der Waals surface area contributed by atoms with Gasteiger partial charge in [0.15, 0.2) is 0 Å². The molecule has 186 valence electrons. The minimum atomic E-state index is -3.77. The molecule has 0 aliphatic rings. The number of rotatable bonds is 9. The van der Waals surface area contributed by atoms with Crippen LogP contribution in [0.1, 0.15) is 33.3 Å². The van der Waals surface area contributed by atoms with Crippen molar-refractivity contribution in [2.75, 3.05) is 24.2 Å². The average molecular weight is 555 g/mol. The number of amides is 2. The number of halogens is 1. The first-order valence-electron chi connectivity index (χ1n) is 10.7. The molecule has 1 atom stereocenters. The van der Waals surface area contributed by atoms with Gasteiger partial charge in [0, 0.05) is 16.6 Å². The van der Waals surface area contributed by atoms with Crippen molar-refractivity contribution in [3.05, 3.63) is 58.6 Å². The average Bonchev–Trinajstić information content (AvgIpc) is 2.74. The van der Waals surface area contributed by atoms with Crippen molar-refractivity contribution in [3.63, 3.8) is 0 Å². The van der Waals surface area contributed by atoms with Crippen LogP contribution < -0.4 is 14.4 Å². The lowest BCUT2D eigenvalue weighted by molar-refractivity contribution is -0.140. The molecule has 1 unspecified atom stereocenters. The van der Waals surface area contributed by atoms with Crippen molar-refractivity contribution in [1.29, 1.82) is 0 Å². The van der Waals surface area contributed by atoms with Gasteiger partial charge in [-0.05, 0) is 69.7 Å². The van der Waals surface area contributed by atoms with E-state index in [1.54, 1.807) is 56.5 Å². The zero-order valence-electron chi connectivity index (χ0n) is 20.3. The van der Waals surface area contributed by atoms with Gasteiger partial charge in [-0.3, -0.25) is 13.9 Å². The Morgan fingerprint density at radius 1 is 1.12 bits per heavy atom. The number of carbonyl (C=O) groups is 2. The van der Waals surface area contributed by atoms with Gasteiger partial charge in [0.05, 0.1) is 19.1 Å². The van der Waals surface area contributed by atoms with Gasteiger partial charge in [-0.1, -0.05) is 28.1 Å². The number of nitrogens with zero attached hydrogens (tertiary/aromatic N) is 2. The van der Waals surface area contributed by atoms with Crippen LogP contribution in [0.3, 0.4) is 0 Å². The van der Waals surface area contributed by atoms with Crippen LogP contribution in [0.25, 0.3) is 0 Å². The summed E-state index contributed by atoms with van der Waals surface area (Å²) in [7, 11) is -2.22. The lowest BCUT2D eigenvalue weighted by Gasteiger charge is -2.33. The second kappa shape index (κ2) is 11.2. The van der Waals surface area contributed by atoms with Crippen molar-refractivity contribution in [2.24, 2.45) is 0 Å². The van der Waals surface area contributed by atoms with Crippen molar-refractivity contribution in [2.45, 2.75) is 45.8 Å². The van der Waals surface area contributed by atoms with Crippen LogP contribution >= 0.6 is 15.9 Å². The van der Waals surface area contributed by atoms with Crippen LogP contribution in [0.2, 0.25) is 0 Å². The summed E-state index contributed by atoms with van der Waals surface area (Å²) < 4.78 is 32.2. The fourth-order valence-corrected chi connectivity index (χ4v) is 4.36. The lowest BCUT2D eigenvalue weighted by Crippen LogP contribution is -2.54. The molecule has 2 aromatic rings. The van der Waals surface area contributed by atoms with Crippen LogP contribution in [-0.4, -0.2) is 56.6 Å². The van der Waals surface area contributed by atoms with Crippen LogP contribution in [-0.2, 0) is 26.2 Å². The van der Waals surface area contributed by atoms with E-state index in [0.717, 1.165) is 20.6 Å². The number of benzene rings is 2. The highest BCUT2D eigenvalue weighted by Crippen LogP contribution is 2.22. The Morgan fingerprint density at radius 3 is 2.26 bits per heavy atom. The Bertz CT molecular complexity index is 1110. The predicted molar refractivity (Wildman–Crippen MR) is 137 cm³/mol. The molecule has 0 aliphatic heterocycles. The van der Waals surface area contributed by atoms with Gasteiger partial charge in [-0.25, -0.2) is 8.42 Å². The third kappa shape index (κ3) is 8.02. The molecular formula is C24H32BrN3O5S. The molecule has 0 radical (unpaired) electrons. The standard InChI is InChI=1S/C24H32BrN3O5S/c1-17(23(30)26-24(2,3)4)27(15-18-8-7-9-21(14-18)33-5)22(29)16-28(34(6,31)32)20-12-10-19(25)11-13-20/h7-14,17H,15-16H2,1-6H3,(H,26,30). The van der Waals surface area contributed by atoms with Crippen LogP contribution in [0.5, 0.6) is 5.75 Å². The lowest BCUT2D eigenvalue weighted by atomic mass is 10.1. The van der Waals surface area contributed by atoms with Crippen LogP contribution in [0, 0.1) is 0 Å².